The Kier molecular flexibility index (Phi) is 28.4. The van der Waals surface area contributed by atoms with E-state index in [0.717, 1.165) is 0 Å². The number of aliphatic carboxylic acids is 1. The van der Waals surface area contributed by atoms with Crippen molar-refractivity contribution in [2.45, 2.75) is 172 Å². The SMILES string of the molecule is CSCC[C@H](NC(=O)[C@@H](N)C(C)C)C(=O)N[C@@H](C)C(=O)N1CCC[C@H]1C(=O)N[C@@H](CCCN=C(N)N)C(=O)N[C@H](C(=O)N[C@@H](CC(C)C)C(=O)N[C@@H](CCN)C(=O)N[C@@H](CC(C)(C)SF)C(=O)O)[C@@H](C)O. The fourth-order valence-electron chi connectivity index (χ4n) is 7.37. The highest BCUT2D eigenvalue weighted by atomic mass is 32.2. The third kappa shape index (κ3) is 22.5. The lowest BCUT2D eigenvalue weighted by Gasteiger charge is -2.30. The summed E-state index contributed by atoms with van der Waals surface area (Å²) in [4.78, 5) is 126. The van der Waals surface area contributed by atoms with Gasteiger partial charge in [-0.2, -0.15) is 15.6 Å². The first kappa shape index (κ1) is 64.0. The van der Waals surface area contributed by atoms with Crippen LogP contribution in [0.3, 0.4) is 0 Å². The number of amides is 8. The van der Waals surface area contributed by atoms with Gasteiger partial charge in [0.2, 0.25) is 47.3 Å². The second-order valence-corrected chi connectivity index (χ2v) is 21.3. The minimum Gasteiger partial charge on any atom is -0.480 e. The van der Waals surface area contributed by atoms with Gasteiger partial charge in [0.15, 0.2) is 5.96 Å². The van der Waals surface area contributed by atoms with Gasteiger partial charge in [-0.05, 0) is 109 Å². The van der Waals surface area contributed by atoms with E-state index in [-0.39, 0.29) is 94.5 Å². The highest BCUT2D eigenvalue weighted by Crippen LogP contribution is 2.30. The standard InChI is InChI=1S/C44H80FN13O11S2/c1-22(2)20-29(37(63)52-27(14-16-46)35(61)56-30(42(68)69)21-44(7,8)71-45)55-40(66)33(25(6)59)57-36(62)26(12-10-17-50-43(48)49)53-38(64)31-13-11-18-58(31)41(67)24(5)51-34(60)28(15-19-70-9)54-39(65)32(47)23(3)4/h22-33,59H,10-21,46-47H2,1-9H3,(H,51,60)(H,52,63)(H,53,64)(H,54,65)(H,55,66)(H,56,61)(H,57,62)(H,68,69)(H4,48,49,50)/t24-,25+,26-,27-,28-,29-,30-,31-,32-,33-/m0/s1. The van der Waals surface area contributed by atoms with Crippen LogP contribution in [-0.4, -0.2) is 171 Å². The summed E-state index contributed by atoms with van der Waals surface area (Å²) in [5.41, 5.74) is 22.7. The number of hydrogen-bond acceptors (Lipinski definition) is 15. The van der Waals surface area contributed by atoms with Gasteiger partial charge in [0, 0.05) is 17.8 Å². The number of carboxylic acids is 1. The van der Waals surface area contributed by atoms with Crippen molar-refractivity contribution in [2.24, 2.45) is 39.8 Å². The smallest absolute Gasteiger partial charge is 0.326 e. The van der Waals surface area contributed by atoms with Crippen LogP contribution in [0.5, 0.6) is 0 Å². The minimum absolute atomic E-state index is 0.000771. The number of carboxylic acid groups (broad SMARTS) is 1. The van der Waals surface area contributed by atoms with Crippen molar-refractivity contribution in [2.75, 3.05) is 31.6 Å². The molecule has 1 heterocycles. The van der Waals surface area contributed by atoms with E-state index in [9.17, 15) is 57.2 Å². The molecular weight excluding hydrogens is 970 g/mol. The lowest BCUT2D eigenvalue weighted by Crippen LogP contribution is -2.62. The monoisotopic (exact) mass is 1050 g/mol. The number of aliphatic hydroxyl groups is 1. The Morgan fingerprint density at radius 1 is 0.761 bits per heavy atom. The summed E-state index contributed by atoms with van der Waals surface area (Å²) in [5, 5.41) is 38.3. The van der Waals surface area contributed by atoms with Gasteiger partial charge < -0.3 is 75.3 Å². The van der Waals surface area contributed by atoms with Crippen LogP contribution in [0.1, 0.15) is 107 Å². The number of rotatable bonds is 32. The number of likely N-dealkylation sites (tertiary alicyclic amines) is 1. The van der Waals surface area contributed by atoms with Gasteiger partial charge in [-0.3, -0.25) is 43.3 Å². The number of carbonyl (C=O) groups is 9. The van der Waals surface area contributed by atoms with Gasteiger partial charge in [0.25, 0.3) is 0 Å². The molecule has 406 valence electrons. The van der Waals surface area contributed by atoms with Crippen molar-refractivity contribution in [1.82, 2.24) is 42.1 Å². The van der Waals surface area contributed by atoms with Crippen molar-refractivity contribution in [3.63, 3.8) is 0 Å². The van der Waals surface area contributed by atoms with Crippen LogP contribution in [0, 0.1) is 11.8 Å². The first-order valence-corrected chi connectivity index (χ1v) is 25.9. The van der Waals surface area contributed by atoms with E-state index in [4.69, 9.17) is 22.9 Å². The van der Waals surface area contributed by atoms with E-state index < -0.39 is 118 Å². The number of thioether (sulfide) groups is 1. The van der Waals surface area contributed by atoms with Crippen molar-refractivity contribution in [1.29, 1.82) is 0 Å². The number of nitrogens with two attached hydrogens (primary N) is 4. The number of guanidine groups is 1. The van der Waals surface area contributed by atoms with E-state index in [0.29, 0.717) is 12.2 Å². The number of aliphatic imine (C=N–C) groups is 1. The molecule has 27 heteroatoms. The van der Waals surface area contributed by atoms with E-state index in [1.807, 2.05) is 6.26 Å². The van der Waals surface area contributed by atoms with Crippen LogP contribution >= 0.6 is 23.9 Å². The Morgan fingerprint density at radius 3 is 1.83 bits per heavy atom. The molecule has 0 aromatic carbocycles. The second-order valence-electron chi connectivity index (χ2n) is 19.0. The maximum atomic E-state index is 14.0. The molecule has 1 aliphatic rings. The fraction of sp³-hybridized carbons (Fsp3) is 0.773. The molecule has 24 nitrogen and oxygen atoms in total. The number of aliphatic hydroxyl groups excluding tert-OH is 1. The zero-order chi connectivity index (χ0) is 54.3. The molecule has 1 aliphatic heterocycles. The molecule has 17 N–H and O–H groups in total. The van der Waals surface area contributed by atoms with Gasteiger partial charge >= 0.3 is 5.97 Å². The number of nitrogens with one attached hydrogen (secondary N) is 7. The maximum Gasteiger partial charge on any atom is 0.326 e. The summed E-state index contributed by atoms with van der Waals surface area (Å²) in [6.07, 6.45) is 0.732. The zero-order valence-electron chi connectivity index (χ0n) is 42.4. The van der Waals surface area contributed by atoms with Crippen LogP contribution in [0.15, 0.2) is 4.99 Å². The van der Waals surface area contributed by atoms with Gasteiger partial charge in [-0.15, -0.1) is 0 Å². The second kappa shape index (κ2) is 31.5. The van der Waals surface area contributed by atoms with E-state index in [1.165, 1.54) is 44.4 Å². The normalized spacial score (nSPS) is 17.5. The molecule has 0 spiro atoms. The number of carbonyl (C=O) groups excluding carboxylic acids is 8. The largest absolute Gasteiger partial charge is 0.480 e. The van der Waals surface area contributed by atoms with Crippen molar-refractivity contribution >= 4 is 83.1 Å². The molecule has 8 amide bonds. The van der Waals surface area contributed by atoms with Crippen molar-refractivity contribution in [3.05, 3.63) is 0 Å². The molecule has 0 radical (unpaired) electrons. The summed E-state index contributed by atoms with van der Waals surface area (Å²) >= 11 is 1.38. The van der Waals surface area contributed by atoms with Crippen molar-refractivity contribution in [3.8, 4) is 0 Å². The predicted molar refractivity (Wildman–Crippen MR) is 269 cm³/mol. The van der Waals surface area contributed by atoms with Gasteiger partial charge in [0.1, 0.15) is 48.3 Å². The zero-order valence-corrected chi connectivity index (χ0v) is 44.0. The Bertz CT molecular complexity index is 1840. The van der Waals surface area contributed by atoms with Gasteiger partial charge in [-0.1, -0.05) is 27.7 Å². The van der Waals surface area contributed by atoms with Crippen molar-refractivity contribution < 1.29 is 57.2 Å². The van der Waals surface area contributed by atoms with E-state index in [1.54, 1.807) is 27.7 Å². The molecule has 1 saturated heterocycles. The Balaban J connectivity index is 3.34. The molecule has 0 aliphatic carbocycles. The molecule has 1 rings (SSSR count). The summed E-state index contributed by atoms with van der Waals surface area (Å²) < 4.78 is 12.3. The summed E-state index contributed by atoms with van der Waals surface area (Å²) in [7, 11) is 0. The van der Waals surface area contributed by atoms with Gasteiger partial charge in [-0.25, -0.2) is 4.79 Å². The first-order valence-electron chi connectivity index (χ1n) is 23.7. The molecular formula is C44H80FN13O11S2. The fourth-order valence-corrected chi connectivity index (χ4v) is 8.07. The quantitative estimate of drug-likeness (QED) is 0.0194. The predicted octanol–water partition coefficient (Wildman–Crippen LogP) is -2.17. The topological polar surface area (TPSA) is 398 Å². The molecule has 0 aromatic rings. The molecule has 71 heavy (non-hydrogen) atoms. The highest BCUT2D eigenvalue weighted by Gasteiger charge is 2.40. The van der Waals surface area contributed by atoms with Crippen LogP contribution in [0.25, 0.3) is 0 Å². The van der Waals surface area contributed by atoms with Gasteiger partial charge in [0.05, 0.1) is 24.3 Å². The molecule has 0 saturated carbocycles. The lowest BCUT2D eigenvalue weighted by molar-refractivity contribution is -0.142. The summed E-state index contributed by atoms with van der Waals surface area (Å²) in [6, 6.07) is -11.4. The molecule has 0 bridgehead atoms. The van der Waals surface area contributed by atoms with Crippen LogP contribution < -0.4 is 60.2 Å². The number of hydrogen-bond donors (Lipinski definition) is 13. The van der Waals surface area contributed by atoms with E-state index in [2.05, 4.69) is 42.2 Å². The number of nitrogens with zero attached hydrogens (tertiary/aromatic N) is 2. The maximum absolute atomic E-state index is 14.0. The lowest BCUT2D eigenvalue weighted by atomic mass is 10.0. The third-order valence-corrected chi connectivity index (χ3v) is 12.6. The summed E-state index contributed by atoms with van der Waals surface area (Å²) in [6.45, 7) is 12.6. The van der Waals surface area contributed by atoms with Crippen LogP contribution in [0.2, 0.25) is 0 Å². The molecule has 0 aromatic heterocycles. The molecule has 10 atom stereocenters. The Morgan fingerprint density at radius 2 is 1.30 bits per heavy atom. The first-order chi connectivity index (χ1) is 33.1. The minimum atomic E-state index is -1.71. The Labute approximate surface area is 424 Å². The van der Waals surface area contributed by atoms with E-state index >= 15 is 0 Å². The molecule has 0 unspecified atom stereocenters. The average molecular weight is 1050 g/mol. The van der Waals surface area contributed by atoms with Crippen LogP contribution in [0.4, 0.5) is 3.89 Å². The van der Waals surface area contributed by atoms with Crippen LogP contribution in [-0.2, 0) is 43.2 Å². The summed E-state index contributed by atoms with van der Waals surface area (Å²) in [5.74, 6) is -7.77. The molecule has 1 fully saturated rings. The highest BCUT2D eigenvalue weighted by molar-refractivity contribution is 7.98. The Hall–Kier alpha value is -4.99. The third-order valence-electron chi connectivity index (χ3n) is 11.4. The average Bonchev–Trinajstić information content (AvgIpc) is 3.79. The number of halogens is 1.